The fourth-order valence-corrected chi connectivity index (χ4v) is 5.55. The molecule has 0 spiro atoms. The molecule has 258 valence electrons. The molecular weight excluding hydrogens is 619 g/mol. The van der Waals surface area contributed by atoms with Gasteiger partial charge in [0.25, 0.3) is 0 Å². The SMILES string of the molecule is CCCCOP(=O)(OCCCC)O[C@H](C)[C@H](NC(=O)CNC(=O)[C@H](CCc1ccccc1)NC(C)=O)C(=O)NCC(=O)[C@@]1(C)CO1. The number of hydrogen-bond donors (Lipinski definition) is 4. The van der Waals surface area contributed by atoms with Crippen LogP contribution in [0, 0.1) is 0 Å². The Balaban J connectivity index is 2.11. The van der Waals surface area contributed by atoms with Crippen LogP contribution in [0.4, 0.5) is 0 Å². The first kappa shape index (κ1) is 39.0. The van der Waals surface area contributed by atoms with E-state index in [1.165, 1.54) is 13.8 Å². The Labute approximate surface area is 271 Å². The fourth-order valence-electron chi connectivity index (χ4n) is 4.12. The van der Waals surface area contributed by atoms with E-state index in [-0.39, 0.29) is 38.6 Å². The van der Waals surface area contributed by atoms with E-state index in [9.17, 15) is 28.5 Å². The van der Waals surface area contributed by atoms with Gasteiger partial charge in [0.2, 0.25) is 23.6 Å². The number of Topliss-reactive ketones (excluding diaryl/α,β-unsaturated/α-hetero) is 1. The first-order chi connectivity index (χ1) is 21.8. The Morgan fingerprint density at radius 2 is 1.52 bits per heavy atom. The van der Waals surface area contributed by atoms with Crippen LogP contribution in [0.15, 0.2) is 30.3 Å². The highest BCUT2D eigenvalue weighted by molar-refractivity contribution is 7.48. The maximum absolute atomic E-state index is 13.5. The Hall–Kier alpha value is -3.16. The van der Waals surface area contributed by atoms with Crippen LogP contribution in [0.5, 0.6) is 0 Å². The molecule has 0 saturated carbocycles. The monoisotopic (exact) mass is 668 g/mol. The second-order valence-corrected chi connectivity index (χ2v) is 13.0. The van der Waals surface area contributed by atoms with E-state index < -0.39 is 61.8 Å². The van der Waals surface area contributed by atoms with Gasteiger partial charge < -0.3 is 26.0 Å². The number of rotatable bonds is 23. The fraction of sp³-hybridized carbons (Fsp3) is 0.645. The normalized spacial score (nSPS) is 17.7. The third-order valence-corrected chi connectivity index (χ3v) is 8.72. The second kappa shape index (κ2) is 19.5. The van der Waals surface area contributed by atoms with Gasteiger partial charge in [0.05, 0.1) is 39.0 Å². The van der Waals surface area contributed by atoms with E-state index in [1.54, 1.807) is 6.92 Å². The van der Waals surface area contributed by atoms with E-state index >= 15 is 0 Å². The molecule has 15 heteroatoms. The Bertz CT molecular complexity index is 1200. The lowest BCUT2D eigenvalue weighted by Gasteiger charge is -2.28. The number of nitrogens with one attached hydrogen (secondary N) is 4. The lowest BCUT2D eigenvalue weighted by Crippen LogP contribution is -2.56. The lowest BCUT2D eigenvalue weighted by atomic mass is 10.0. The summed E-state index contributed by atoms with van der Waals surface area (Å²) >= 11 is 0. The number of phosphoric ester groups is 1. The Kier molecular flexibility index (Phi) is 16.5. The summed E-state index contributed by atoms with van der Waals surface area (Å²) in [6.45, 7) is 7.66. The van der Waals surface area contributed by atoms with Gasteiger partial charge in [-0.15, -0.1) is 0 Å². The molecule has 4 atom stereocenters. The Morgan fingerprint density at radius 3 is 2.07 bits per heavy atom. The molecule has 1 aromatic rings. The maximum atomic E-state index is 13.5. The molecule has 0 aliphatic carbocycles. The van der Waals surface area contributed by atoms with Gasteiger partial charge in [0.1, 0.15) is 17.7 Å². The third-order valence-electron chi connectivity index (χ3n) is 7.13. The molecule has 4 N–H and O–H groups in total. The summed E-state index contributed by atoms with van der Waals surface area (Å²) < 4.78 is 35.2. The minimum Gasteiger partial charge on any atom is -0.362 e. The summed E-state index contributed by atoms with van der Waals surface area (Å²) in [6, 6.07) is 7.05. The zero-order chi connectivity index (χ0) is 34.2. The van der Waals surface area contributed by atoms with Crippen molar-refractivity contribution in [1.29, 1.82) is 0 Å². The first-order valence-corrected chi connectivity index (χ1v) is 17.2. The van der Waals surface area contributed by atoms with Crippen molar-refractivity contribution in [3.05, 3.63) is 35.9 Å². The minimum absolute atomic E-state index is 0.0920. The van der Waals surface area contributed by atoms with E-state index in [4.69, 9.17) is 18.3 Å². The van der Waals surface area contributed by atoms with Crippen LogP contribution in [-0.2, 0) is 53.3 Å². The highest BCUT2D eigenvalue weighted by Gasteiger charge is 2.47. The number of ether oxygens (including phenoxy) is 1. The number of amides is 4. The molecule has 1 fully saturated rings. The second-order valence-electron chi connectivity index (χ2n) is 11.3. The van der Waals surface area contributed by atoms with E-state index in [1.807, 2.05) is 44.2 Å². The number of unbranched alkanes of at least 4 members (excludes halogenated alkanes) is 2. The maximum Gasteiger partial charge on any atom is 0.475 e. The van der Waals surface area contributed by atoms with Crippen molar-refractivity contribution in [1.82, 2.24) is 21.3 Å². The van der Waals surface area contributed by atoms with Gasteiger partial charge in [-0.3, -0.25) is 37.5 Å². The summed E-state index contributed by atoms with van der Waals surface area (Å²) in [7, 11) is -4.15. The molecule has 1 saturated heterocycles. The predicted molar refractivity (Wildman–Crippen MR) is 170 cm³/mol. The quantitative estimate of drug-likeness (QED) is 0.0765. The number of hydrogen-bond acceptors (Lipinski definition) is 10. The number of aryl methyl sites for hydroxylation is 1. The molecule has 0 unspecified atom stereocenters. The van der Waals surface area contributed by atoms with Crippen molar-refractivity contribution in [2.75, 3.05) is 32.9 Å². The molecule has 0 aromatic heterocycles. The topological polar surface area (TPSA) is 191 Å². The van der Waals surface area contributed by atoms with E-state index in [0.29, 0.717) is 19.3 Å². The van der Waals surface area contributed by atoms with E-state index in [2.05, 4.69) is 21.3 Å². The molecule has 1 aliphatic heterocycles. The number of phosphoric acid groups is 1. The van der Waals surface area contributed by atoms with Gasteiger partial charge in [0.15, 0.2) is 5.78 Å². The minimum atomic E-state index is -4.15. The molecule has 2 rings (SSSR count). The summed E-state index contributed by atoms with van der Waals surface area (Å²) in [4.78, 5) is 63.4. The van der Waals surface area contributed by atoms with E-state index in [0.717, 1.165) is 18.4 Å². The average molecular weight is 669 g/mol. The summed E-state index contributed by atoms with van der Waals surface area (Å²) in [5.41, 5.74) is 0.000804. The highest BCUT2D eigenvalue weighted by atomic mass is 31.2. The molecule has 4 amide bonds. The van der Waals surface area contributed by atoms with Crippen LogP contribution < -0.4 is 21.3 Å². The van der Waals surface area contributed by atoms with Crippen molar-refractivity contribution in [3.8, 4) is 0 Å². The van der Waals surface area contributed by atoms with Crippen molar-refractivity contribution >= 4 is 37.2 Å². The van der Waals surface area contributed by atoms with Crippen LogP contribution >= 0.6 is 7.82 Å². The van der Waals surface area contributed by atoms with Crippen LogP contribution in [0.25, 0.3) is 0 Å². The number of carbonyl (C=O) groups excluding carboxylic acids is 5. The van der Waals surface area contributed by atoms with Gasteiger partial charge in [-0.1, -0.05) is 57.0 Å². The van der Waals surface area contributed by atoms with Crippen LogP contribution in [-0.4, -0.2) is 86.1 Å². The molecule has 1 heterocycles. The predicted octanol–water partition coefficient (Wildman–Crippen LogP) is 2.35. The zero-order valence-electron chi connectivity index (χ0n) is 27.4. The van der Waals surface area contributed by atoms with Gasteiger partial charge >= 0.3 is 7.82 Å². The zero-order valence-corrected chi connectivity index (χ0v) is 28.3. The summed E-state index contributed by atoms with van der Waals surface area (Å²) in [5, 5.41) is 10.1. The highest BCUT2D eigenvalue weighted by Crippen LogP contribution is 2.51. The molecule has 14 nitrogen and oxygen atoms in total. The van der Waals surface area contributed by atoms with Gasteiger partial charge in [-0.2, -0.15) is 0 Å². The van der Waals surface area contributed by atoms with Crippen LogP contribution in [0.1, 0.15) is 72.3 Å². The number of benzene rings is 1. The van der Waals surface area contributed by atoms with Crippen molar-refractivity contribution in [2.45, 2.75) is 96.9 Å². The molecule has 1 aliphatic rings. The van der Waals surface area contributed by atoms with Gasteiger partial charge in [-0.05, 0) is 45.1 Å². The number of carbonyl (C=O) groups is 5. The van der Waals surface area contributed by atoms with Crippen LogP contribution in [0.2, 0.25) is 0 Å². The van der Waals surface area contributed by atoms with Crippen molar-refractivity contribution < 1.29 is 46.8 Å². The molecule has 1 aromatic carbocycles. The summed E-state index contributed by atoms with van der Waals surface area (Å²) in [5.74, 6) is -2.92. The average Bonchev–Trinajstić information content (AvgIpc) is 3.78. The van der Waals surface area contributed by atoms with Gasteiger partial charge in [-0.25, -0.2) is 4.57 Å². The standard InChI is InChI=1S/C31H49N4O10P/c1-6-8-17-43-46(41,44-18-9-7-2)45-22(3)28(30(40)32-19-26(37)31(5)21-42-31)35-27(38)20-33-29(39)25(34-23(4)36)16-15-24-13-11-10-12-14-24/h10-14,22,25,28H,6-9,15-21H2,1-5H3,(H,32,40)(H,33,39)(H,34,36)(H,35,38)/t22-,25+,28+,31-/m1/s1. The molecule has 46 heavy (non-hydrogen) atoms. The number of ketones is 1. The third kappa shape index (κ3) is 14.1. The smallest absolute Gasteiger partial charge is 0.362 e. The van der Waals surface area contributed by atoms with Gasteiger partial charge in [0, 0.05) is 6.92 Å². The van der Waals surface area contributed by atoms with Crippen molar-refractivity contribution in [3.63, 3.8) is 0 Å². The molecular formula is C31H49N4O10P. The lowest BCUT2D eigenvalue weighted by molar-refractivity contribution is -0.133. The molecule has 0 bridgehead atoms. The largest absolute Gasteiger partial charge is 0.475 e. The first-order valence-electron chi connectivity index (χ1n) is 15.7. The van der Waals surface area contributed by atoms with Crippen LogP contribution in [0.3, 0.4) is 0 Å². The van der Waals surface area contributed by atoms with Crippen molar-refractivity contribution in [2.24, 2.45) is 0 Å². The Morgan fingerprint density at radius 1 is 0.935 bits per heavy atom. The summed E-state index contributed by atoms with van der Waals surface area (Å²) in [6.07, 6.45) is 2.27. The molecule has 0 radical (unpaired) electrons. The number of epoxide rings is 1.